The van der Waals surface area contributed by atoms with Gasteiger partial charge in [-0.15, -0.1) is 0 Å². The van der Waals surface area contributed by atoms with Crippen LogP contribution >= 0.6 is 23.2 Å². The monoisotopic (exact) mass is 389 g/mol. The van der Waals surface area contributed by atoms with E-state index in [-0.39, 0.29) is 5.91 Å². The van der Waals surface area contributed by atoms with Gasteiger partial charge in [0.2, 0.25) is 0 Å². The molecule has 7 heteroatoms. The number of ether oxygens (including phenoxy) is 1. The fraction of sp³-hybridized carbons (Fsp3) is 0.158. The zero-order chi connectivity index (χ0) is 18.5. The Kier molecular flexibility index (Phi) is 5.81. The molecule has 0 fully saturated rings. The number of hydrogen-bond donors (Lipinski definition) is 1. The van der Waals surface area contributed by atoms with Gasteiger partial charge in [-0.2, -0.15) is 5.10 Å². The zero-order valence-electron chi connectivity index (χ0n) is 14.1. The molecule has 0 bridgehead atoms. The Hall–Kier alpha value is -2.50. The van der Waals surface area contributed by atoms with Crippen molar-refractivity contribution in [1.29, 1.82) is 0 Å². The molecule has 0 saturated carbocycles. The smallest absolute Gasteiger partial charge is 0.260 e. The molecule has 0 unspecified atom stereocenters. The maximum Gasteiger partial charge on any atom is 0.260 e. The summed E-state index contributed by atoms with van der Waals surface area (Å²) in [6, 6.07) is 14.1. The van der Waals surface area contributed by atoms with Gasteiger partial charge in [0, 0.05) is 16.1 Å². The topological polar surface area (TPSA) is 56.1 Å². The highest BCUT2D eigenvalue weighted by Gasteiger charge is 2.15. The summed E-state index contributed by atoms with van der Waals surface area (Å²) < 4.78 is 7.18. The summed E-state index contributed by atoms with van der Waals surface area (Å²) >= 11 is 12.2. The number of amides is 1. The number of hydrogen-bond acceptors (Lipinski definition) is 3. The minimum Gasteiger partial charge on any atom is -0.493 e. The van der Waals surface area contributed by atoms with Gasteiger partial charge >= 0.3 is 0 Å². The number of para-hydroxylation sites is 1. The van der Waals surface area contributed by atoms with Crippen LogP contribution in [-0.2, 0) is 6.54 Å². The number of anilines is 1. The molecule has 0 aliphatic carbocycles. The van der Waals surface area contributed by atoms with Crippen molar-refractivity contribution in [2.24, 2.45) is 0 Å². The number of benzene rings is 2. The highest BCUT2D eigenvalue weighted by molar-refractivity contribution is 6.35. The van der Waals surface area contributed by atoms with Crippen molar-refractivity contribution < 1.29 is 9.53 Å². The lowest BCUT2D eigenvalue weighted by molar-refractivity contribution is 0.102. The molecule has 0 radical (unpaired) electrons. The van der Waals surface area contributed by atoms with Crippen LogP contribution in [0.1, 0.15) is 22.8 Å². The molecule has 134 valence electrons. The number of halogens is 2. The van der Waals surface area contributed by atoms with Gasteiger partial charge in [-0.25, -0.2) is 4.68 Å². The average molecular weight is 390 g/mol. The molecular weight excluding hydrogens is 373 g/mol. The van der Waals surface area contributed by atoms with Crippen molar-refractivity contribution in [3.8, 4) is 5.75 Å². The van der Waals surface area contributed by atoms with Crippen molar-refractivity contribution in [3.63, 3.8) is 0 Å². The normalized spacial score (nSPS) is 10.6. The van der Waals surface area contributed by atoms with Crippen molar-refractivity contribution in [3.05, 3.63) is 75.9 Å². The van der Waals surface area contributed by atoms with Crippen molar-refractivity contribution in [2.45, 2.75) is 13.5 Å². The summed E-state index contributed by atoms with van der Waals surface area (Å²) in [5.74, 6) is 0.838. The Morgan fingerprint density at radius 2 is 2.00 bits per heavy atom. The number of rotatable bonds is 6. The quantitative estimate of drug-likeness (QED) is 0.652. The predicted octanol–water partition coefficient (Wildman–Crippen LogP) is 4.89. The summed E-state index contributed by atoms with van der Waals surface area (Å²) in [5.41, 5.74) is 1.32. The van der Waals surface area contributed by atoms with Crippen LogP contribution in [0.3, 0.4) is 0 Å². The average Bonchev–Trinajstić information content (AvgIpc) is 3.05. The fourth-order valence-corrected chi connectivity index (χ4v) is 2.96. The molecule has 0 atom stereocenters. The molecule has 0 aliphatic heterocycles. The minimum atomic E-state index is -0.266. The van der Waals surface area contributed by atoms with E-state index in [4.69, 9.17) is 27.9 Å². The van der Waals surface area contributed by atoms with Gasteiger partial charge in [0.1, 0.15) is 11.6 Å². The molecule has 26 heavy (non-hydrogen) atoms. The molecule has 0 aliphatic rings. The van der Waals surface area contributed by atoms with Crippen molar-refractivity contribution in [2.75, 3.05) is 11.9 Å². The predicted molar refractivity (Wildman–Crippen MR) is 103 cm³/mol. The summed E-state index contributed by atoms with van der Waals surface area (Å²) in [6.45, 7) is 2.77. The third kappa shape index (κ3) is 4.18. The van der Waals surface area contributed by atoms with Crippen molar-refractivity contribution in [1.82, 2.24) is 9.78 Å². The molecule has 3 rings (SSSR count). The Bertz CT molecular complexity index is 925. The molecule has 0 spiro atoms. The molecule has 1 N–H and O–H groups in total. The SMILES string of the molecule is CCOc1ccccc1C(=O)Nc1ccnn1Cc1ccc(Cl)cc1Cl. The largest absolute Gasteiger partial charge is 0.493 e. The van der Waals surface area contributed by atoms with Gasteiger partial charge in [0.05, 0.1) is 24.9 Å². The third-order valence-corrected chi connectivity index (χ3v) is 4.31. The molecule has 1 aromatic heterocycles. The molecular formula is C19H17Cl2N3O2. The van der Waals surface area contributed by atoms with Gasteiger partial charge in [-0.1, -0.05) is 41.4 Å². The molecule has 2 aromatic carbocycles. The Balaban J connectivity index is 1.80. The highest BCUT2D eigenvalue weighted by Crippen LogP contribution is 2.23. The number of nitrogens with one attached hydrogen (secondary N) is 1. The molecule has 1 heterocycles. The first-order chi connectivity index (χ1) is 12.6. The summed E-state index contributed by atoms with van der Waals surface area (Å²) in [5, 5.41) is 8.25. The first-order valence-electron chi connectivity index (χ1n) is 8.07. The second kappa shape index (κ2) is 8.25. The first-order valence-corrected chi connectivity index (χ1v) is 8.83. The van der Waals surface area contributed by atoms with E-state index in [2.05, 4.69) is 10.4 Å². The lowest BCUT2D eigenvalue weighted by atomic mass is 10.2. The first kappa shape index (κ1) is 18.3. The van der Waals surface area contributed by atoms with E-state index in [1.165, 1.54) is 0 Å². The summed E-state index contributed by atoms with van der Waals surface area (Å²) in [7, 11) is 0. The van der Waals surface area contributed by atoms with Gasteiger partial charge in [0.15, 0.2) is 0 Å². The zero-order valence-corrected chi connectivity index (χ0v) is 15.6. The second-order valence-corrected chi connectivity index (χ2v) is 6.34. The lowest BCUT2D eigenvalue weighted by Crippen LogP contribution is -2.17. The summed E-state index contributed by atoms with van der Waals surface area (Å²) in [4.78, 5) is 12.6. The van der Waals surface area contributed by atoms with Crippen LogP contribution in [0.5, 0.6) is 5.75 Å². The van der Waals surface area contributed by atoms with E-state index in [9.17, 15) is 4.79 Å². The third-order valence-electron chi connectivity index (χ3n) is 3.72. The van der Waals surface area contributed by atoms with Crippen LogP contribution in [0.2, 0.25) is 10.0 Å². The summed E-state index contributed by atoms with van der Waals surface area (Å²) in [6.07, 6.45) is 1.62. The Labute approximate surface area is 161 Å². The van der Waals surface area contributed by atoms with Gasteiger partial charge < -0.3 is 10.1 Å². The second-order valence-electron chi connectivity index (χ2n) is 5.49. The minimum absolute atomic E-state index is 0.266. The lowest BCUT2D eigenvalue weighted by Gasteiger charge is -2.12. The van der Waals surface area contributed by atoms with E-state index >= 15 is 0 Å². The number of nitrogens with zero attached hydrogens (tertiary/aromatic N) is 2. The molecule has 3 aromatic rings. The van der Waals surface area contributed by atoms with Gasteiger partial charge in [0.25, 0.3) is 5.91 Å². The Morgan fingerprint density at radius 3 is 2.77 bits per heavy atom. The molecule has 0 saturated heterocycles. The molecule has 1 amide bonds. The number of carbonyl (C=O) groups excluding carboxylic acids is 1. The van der Waals surface area contributed by atoms with Crippen LogP contribution in [0.25, 0.3) is 0 Å². The van der Waals surface area contributed by atoms with Crippen LogP contribution in [0, 0.1) is 0 Å². The fourth-order valence-electron chi connectivity index (χ4n) is 2.50. The maximum atomic E-state index is 12.6. The number of carbonyl (C=O) groups is 1. The van der Waals surface area contributed by atoms with Crippen LogP contribution < -0.4 is 10.1 Å². The van der Waals surface area contributed by atoms with E-state index in [0.717, 1.165) is 5.56 Å². The van der Waals surface area contributed by atoms with Gasteiger partial charge in [-0.3, -0.25) is 4.79 Å². The standard InChI is InChI=1S/C19H17Cl2N3O2/c1-2-26-17-6-4-3-5-15(17)19(25)23-18-9-10-22-24(18)12-13-7-8-14(20)11-16(13)21/h3-11H,2,12H2,1H3,(H,23,25). The number of aromatic nitrogens is 2. The van der Waals surface area contributed by atoms with Crippen LogP contribution in [0.4, 0.5) is 5.82 Å². The van der Waals surface area contributed by atoms with E-state index in [0.29, 0.717) is 40.3 Å². The van der Waals surface area contributed by atoms with Crippen LogP contribution in [0.15, 0.2) is 54.7 Å². The maximum absolute atomic E-state index is 12.6. The highest BCUT2D eigenvalue weighted by atomic mass is 35.5. The van der Waals surface area contributed by atoms with Crippen LogP contribution in [-0.4, -0.2) is 22.3 Å². The van der Waals surface area contributed by atoms with Crippen molar-refractivity contribution >= 4 is 34.9 Å². The van der Waals surface area contributed by atoms with E-state index in [1.807, 2.05) is 19.1 Å². The Morgan fingerprint density at radius 1 is 1.19 bits per heavy atom. The van der Waals surface area contributed by atoms with E-state index in [1.54, 1.807) is 47.3 Å². The van der Waals surface area contributed by atoms with E-state index < -0.39 is 0 Å². The molecule has 5 nitrogen and oxygen atoms in total. The van der Waals surface area contributed by atoms with Gasteiger partial charge in [-0.05, 0) is 36.8 Å².